The molecule has 0 spiro atoms. The summed E-state index contributed by atoms with van der Waals surface area (Å²) in [5, 5.41) is 13.9. The predicted octanol–water partition coefficient (Wildman–Crippen LogP) is 3.93. The first-order chi connectivity index (χ1) is 7.66. The second-order valence-corrected chi connectivity index (χ2v) is 5.15. The number of rotatable bonds is 3. The molecule has 0 radical (unpaired) electrons. The highest BCUT2D eigenvalue weighted by Gasteiger charge is 2.13. The molecule has 1 aromatic carbocycles. The van der Waals surface area contributed by atoms with Gasteiger partial charge in [-0.15, -0.1) is 0 Å². The molecule has 1 atom stereocenters. The highest BCUT2D eigenvalue weighted by atomic mass is 79.9. The summed E-state index contributed by atoms with van der Waals surface area (Å²) in [5.41, 5.74) is 1.65. The van der Waals surface area contributed by atoms with E-state index in [0.717, 1.165) is 10.0 Å². The maximum atomic E-state index is 13.1. The average molecular weight is 301 g/mol. The van der Waals surface area contributed by atoms with E-state index < -0.39 is 6.10 Å². The zero-order chi connectivity index (χ0) is 11.5. The van der Waals surface area contributed by atoms with Crippen molar-refractivity contribution in [2.45, 2.75) is 12.5 Å². The lowest BCUT2D eigenvalue weighted by Gasteiger charge is -2.12. The Morgan fingerprint density at radius 3 is 2.88 bits per heavy atom. The van der Waals surface area contributed by atoms with Crippen molar-refractivity contribution in [3.63, 3.8) is 0 Å². The first-order valence-corrected chi connectivity index (χ1v) is 6.54. The molecule has 0 aliphatic carbocycles. The van der Waals surface area contributed by atoms with E-state index in [4.69, 9.17) is 0 Å². The van der Waals surface area contributed by atoms with Gasteiger partial charge in [-0.05, 0) is 46.2 Å². The molecule has 16 heavy (non-hydrogen) atoms. The molecule has 0 saturated heterocycles. The van der Waals surface area contributed by atoms with Crippen LogP contribution < -0.4 is 0 Å². The standard InChI is InChI=1S/C12H10BrFOS/c13-11-2-1-9(14)6-10(11)12(15)5-8-3-4-16-7-8/h1-4,6-7,12,15H,5H2. The number of hydrogen-bond acceptors (Lipinski definition) is 2. The molecule has 0 aliphatic heterocycles. The topological polar surface area (TPSA) is 20.2 Å². The maximum Gasteiger partial charge on any atom is 0.123 e. The number of thiophene rings is 1. The van der Waals surface area contributed by atoms with E-state index in [9.17, 15) is 9.50 Å². The van der Waals surface area contributed by atoms with E-state index in [2.05, 4.69) is 15.9 Å². The Hall–Kier alpha value is -0.710. The summed E-state index contributed by atoms with van der Waals surface area (Å²) in [6.45, 7) is 0. The molecule has 0 saturated carbocycles. The van der Waals surface area contributed by atoms with Crippen LogP contribution in [0.15, 0.2) is 39.5 Å². The molecule has 1 heterocycles. The van der Waals surface area contributed by atoms with Crippen LogP contribution in [-0.4, -0.2) is 5.11 Å². The second-order valence-electron chi connectivity index (χ2n) is 3.52. The molecule has 0 bridgehead atoms. The van der Waals surface area contributed by atoms with Gasteiger partial charge in [0.2, 0.25) is 0 Å². The minimum Gasteiger partial charge on any atom is -0.388 e. The zero-order valence-corrected chi connectivity index (χ0v) is 10.8. The van der Waals surface area contributed by atoms with Crippen LogP contribution in [0.25, 0.3) is 0 Å². The highest BCUT2D eigenvalue weighted by molar-refractivity contribution is 9.10. The highest BCUT2D eigenvalue weighted by Crippen LogP contribution is 2.27. The smallest absolute Gasteiger partial charge is 0.123 e. The van der Waals surface area contributed by atoms with Gasteiger partial charge in [0.1, 0.15) is 5.82 Å². The molecule has 0 aliphatic rings. The van der Waals surface area contributed by atoms with E-state index in [1.54, 1.807) is 17.4 Å². The Kier molecular flexibility index (Phi) is 3.74. The summed E-state index contributed by atoms with van der Waals surface area (Å²) in [7, 11) is 0. The van der Waals surface area contributed by atoms with Gasteiger partial charge in [0.05, 0.1) is 6.10 Å². The van der Waals surface area contributed by atoms with Crippen LogP contribution in [-0.2, 0) is 6.42 Å². The van der Waals surface area contributed by atoms with Crippen molar-refractivity contribution in [2.24, 2.45) is 0 Å². The summed E-state index contributed by atoms with van der Waals surface area (Å²) in [6, 6.07) is 6.30. The van der Waals surface area contributed by atoms with E-state index >= 15 is 0 Å². The summed E-state index contributed by atoms with van der Waals surface area (Å²) in [5.74, 6) is -0.331. The lowest BCUT2D eigenvalue weighted by Crippen LogP contribution is -2.02. The molecule has 1 unspecified atom stereocenters. The van der Waals surface area contributed by atoms with Gasteiger partial charge in [-0.25, -0.2) is 4.39 Å². The van der Waals surface area contributed by atoms with Crippen LogP contribution in [0.5, 0.6) is 0 Å². The Morgan fingerprint density at radius 2 is 2.19 bits per heavy atom. The Labute approximate surface area is 106 Å². The summed E-state index contributed by atoms with van der Waals surface area (Å²) < 4.78 is 13.8. The Balaban J connectivity index is 2.20. The van der Waals surface area contributed by atoms with Gasteiger partial charge < -0.3 is 5.11 Å². The molecule has 4 heteroatoms. The van der Waals surface area contributed by atoms with E-state index in [1.807, 2.05) is 16.8 Å². The molecule has 1 N–H and O–H groups in total. The normalized spacial score (nSPS) is 12.7. The van der Waals surface area contributed by atoms with Gasteiger partial charge >= 0.3 is 0 Å². The maximum absolute atomic E-state index is 13.1. The Bertz CT molecular complexity index is 470. The van der Waals surface area contributed by atoms with Crippen molar-refractivity contribution in [3.8, 4) is 0 Å². The number of benzene rings is 1. The third-order valence-electron chi connectivity index (χ3n) is 2.33. The monoisotopic (exact) mass is 300 g/mol. The van der Waals surface area contributed by atoms with Crippen molar-refractivity contribution in [2.75, 3.05) is 0 Å². The van der Waals surface area contributed by atoms with Crippen LogP contribution >= 0.6 is 27.3 Å². The average Bonchev–Trinajstić information content (AvgIpc) is 2.74. The lowest BCUT2D eigenvalue weighted by molar-refractivity contribution is 0.177. The molecule has 0 amide bonds. The molecular weight excluding hydrogens is 291 g/mol. The molecule has 1 nitrogen and oxygen atoms in total. The fraction of sp³-hybridized carbons (Fsp3) is 0.167. The van der Waals surface area contributed by atoms with Crippen molar-refractivity contribution >= 4 is 27.3 Å². The molecule has 1 aromatic heterocycles. The molecular formula is C12H10BrFOS. The lowest BCUT2D eigenvalue weighted by atomic mass is 10.0. The van der Waals surface area contributed by atoms with Crippen LogP contribution in [0.2, 0.25) is 0 Å². The zero-order valence-electron chi connectivity index (χ0n) is 8.36. The van der Waals surface area contributed by atoms with Gasteiger partial charge in [-0.3, -0.25) is 0 Å². The summed E-state index contributed by atoms with van der Waals surface area (Å²) in [4.78, 5) is 0. The van der Waals surface area contributed by atoms with Crippen molar-refractivity contribution < 1.29 is 9.50 Å². The molecule has 2 rings (SSSR count). The minimum atomic E-state index is -0.681. The molecule has 0 fully saturated rings. The van der Waals surface area contributed by atoms with Crippen molar-refractivity contribution in [1.29, 1.82) is 0 Å². The fourth-order valence-electron chi connectivity index (χ4n) is 1.51. The van der Waals surface area contributed by atoms with Gasteiger partial charge in [-0.1, -0.05) is 15.9 Å². The number of halogens is 2. The quantitative estimate of drug-likeness (QED) is 0.911. The second kappa shape index (κ2) is 5.08. The largest absolute Gasteiger partial charge is 0.388 e. The van der Waals surface area contributed by atoms with Crippen LogP contribution in [0, 0.1) is 5.82 Å². The van der Waals surface area contributed by atoms with E-state index in [-0.39, 0.29) is 5.82 Å². The van der Waals surface area contributed by atoms with Crippen molar-refractivity contribution in [1.82, 2.24) is 0 Å². The first kappa shape index (κ1) is 11.8. The predicted molar refractivity (Wildman–Crippen MR) is 67.1 cm³/mol. The van der Waals surface area contributed by atoms with Crippen LogP contribution in [0.1, 0.15) is 17.2 Å². The fourth-order valence-corrected chi connectivity index (χ4v) is 2.70. The summed E-state index contributed by atoms with van der Waals surface area (Å²) >= 11 is 4.90. The summed E-state index contributed by atoms with van der Waals surface area (Å²) in [6.07, 6.45) is -0.175. The van der Waals surface area contributed by atoms with Gasteiger partial charge in [-0.2, -0.15) is 11.3 Å². The van der Waals surface area contributed by atoms with Gasteiger partial charge in [0.25, 0.3) is 0 Å². The molecule has 2 aromatic rings. The van der Waals surface area contributed by atoms with Gasteiger partial charge in [0, 0.05) is 10.9 Å². The van der Waals surface area contributed by atoms with Gasteiger partial charge in [0.15, 0.2) is 0 Å². The Morgan fingerprint density at radius 1 is 1.38 bits per heavy atom. The van der Waals surface area contributed by atoms with Crippen LogP contribution in [0.3, 0.4) is 0 Å². The third-order valence-corrected chi connectivity index (χ3v) is 3.78. The number of aliphatic hydroxyl groups is 1. The molecule has 84 valence electrons. The minimum absolute atomic E-state index is 0.331. The number of hydrogen-bond donors (Lipinski definition) is 1. The van der Waals surface area contributed by atoms with E-state index in [0.29, 0.717) is 12.0 Å². The number of aliphatic hydroxyl groups excluding tert-OH is 1. The first-order valence-electron chi connectivity index (χ1n) is 4.81. The SMILES string of the molecule is OC(Cc1ccsc1)c1cc(F)ccc1Br. The third kappa shape index (κ3) is 2.70. The van der Waals surface area contributed by atoms with Crippen molar-refractivity contribution in [3.05, 3.63) is 56.4 Å². The van der Waals surface area contributed by atoms with Crippen LogP contribution in [0.4, 0.5) is 4.39 Å². The van der Waals surface area contributed by atoms with E-state index in [1.165, 1.54) is 12.1 Å².